The number of H-pyrrole nitrogens is 1. The van der Waals surface area contributed by atoms with Gasteiger partial charge in [-0.15, -0.1) is 0 Å². The summed E-state index contributed by atoms with van der Waals surface area (Å²) in [7, 11) is 2.86. The highest BCUT2D eigenvalue weighted by molar-refractivity contribution is 6.07. The molecule has 7 nitrogen and oxygen atoms in total. The molecule has 1 unspecified atom stereocenters. The summed E-state index contributed by atoms with van der Waals surface area (Å²) < 4.78 is 9.97. The Morgan fingerprint density at radius 2 is 1.65 bits per heavy atom. The zero-order chi connectivity index (χ0) is 23.3. The number of rotatable bonds is 9. The number of amides is 1. The third-order valence-corrected chi connectivity index (χ3v) is 5.47. The summed E-state index contributed by atoms with van der Waals surface area (Å²) in [6.45, 7) is 9.77. The maximum absolute atomic E-state index is 13.4. The second-order valence-corrected chi connectivity index (χ2v) is 8.07. The Hall–Kier alpha value is -3.09. The molecular weight excluding hydrogens is 396 g/mol. The molecule has 2 rings (SSSR count). The van der Waals surface area contributed by atoms with E-state index in [9.17, 15) is 14.4 Å². The summed E-state index contributed by atoms with van der Waals surface area (Å²) in [5.41, 5.74) is 2.27. The molecule has 31 heavy (non-hydrogen) atoms. The predicted octanol–water partition coefficient (Wildman–Crippen LogP) is 4.19. The fourth-order valence-corrected chi connectivity index (χ4v) is 3.54. The van der Waals surface area contributed by atoms with Crippen molar-refractivity contribution in [2.24, 2.45) is 5.92 Å². The summed E-state index contributed by atoms with van der Waals surface area (Å²) in [4.78, 5) is 43.3. The van der Waals surface area contributed by atoms with Crippen molar-refractivity contribution in [1.82, 2.24) is 9.88 Å². The molecule has 0 saturated carbocycles. The Bertz CT molecular complexity index is 944. The number of Topliss-reactive ketones (excluding diaryl/α,β-unsaturated/α-hetero) is 1. The second-order valence-electron chi connectivity index (χ2n) is 8.07. The van der Waals surface area contributed by atoms with E-state index in [0.717, 1.165) is 6.42 Å². The summed E-state index contributed by atoms with van der Waals surface area (Å²) in [6, 6.07) is 6.14. The number of aromatic nitrogens is 1. The Morgan fingerprint density at radius 3 is 2.16 bits per heavy atom. The minimum absolute atomic E-state index is 0.216. The van der Waals surface area contributed by atoms with E-state index in [0.29, 0.717) is 40.6 Å². The minimum atomic E-state index is -0.702. The number of aryl methyl sites for hydroxylation is 1. The average molecular weight is 429 g/mol. The van der Waals surface area contributed by atoms with E-state index < -0.39 is 12.0 Å². The van der Waals surface area contributed by atoms with Crippen molar-refractivity contribution >= 4 is 17.7 Å². The summed E-state index contributed by atoms with van der Waals surface area (Å²) in [5, 5.41) is 0. The van der Waals surface area contributed by atoms with Gasteiger partial charge in [0, 0.05) is 23.4 Å². The zero-order valence-electron chi connectivity index (χ0n) is 19.4. The van der Waals surface area contributed by atoms with Crippen LogP contribution in [0.5, 0.6) is 5.75 Å². The summed E-state index contributed by atoms with van der Waals surface area (Å²) >= 11 is 0. The van der Waals surface area contributed by atoms with Crippen molar-refractivity contribution in [3.05, 3.63) is 52.3 Å². The van der Waals surface area contributed by atoms with Gasteiger partial charge in [0.05, 0.1) is 20.3 Å². The van der Waals surface area contributed by atoms with Gasteiger partial charge in [-0.25, -0.2) is 4.79 Å². The van der Waals surface area contributed by atoms with Crippen LogP contribution in [-0.4, -0.2) is 54.3 Å². The SMILES string of the molecule is COC(=O)c1[nH]c(C)c(C(=O)C(C)N(CCC(C)C)C(=O)c2ccc(OC)cc2)c1C. The molecule has 0 saturated heterocycles. The van der Waals surface area contributed by atoms with Crippen LogP contribution in [0.25, 0.3) is 0 Å². The van der Waals surface area contributed by atoms with Crippen molar-refractivity contribution < 1.29 is 23.9 Å². The van der Waals surface area contributed by atoms with Crippen LogP contribution in [0.2, 0.25) is 0 Å². The number of carbonyl (C=O) groups excluding carboxylic acids is 3. The number of nitrogens with one attached hydrogen (secondary N) is 1. The van der Waals surface area contributed by atoms with Gasteiger partial charge in [0.1, 0.15) is 11.4 Å². The Kier molecular flexibility index (Phi) is 8.02. The van der Waals surface area contributed by atoms with Gasteiger partial charge in [0.2, 0.25) is 0 Å². The number of hydrogen-bond acceptors (Lipinski definition) is 5. The number of nitrogens with zero attached hydrogens (tertiary/aromatic N) is 1. The van der Waals surface area contributed by atoms with Crippen LogP contribution in [0.15, 0.2) is 24.3 Å². The normalized spacial score (nSPS) is 11.9. The number of hydrogen-bond donors (Lipinski definition) is 1. The maximum atomic E-state index is 13.4. The summed E-state index contributed by atoms with van der Waals surface area (Å²) in [6.07, 6.45) is 0.762. The number of aromatic amines is 1. The molecule has 1 aromatic carbocycles. The van der Waals surface area contributed by atoms with Gasteiger partial charge in [0.15, 0.2) is 5.78 Å². The van der Waals surface area contributed by atoms with E-state index in [1.165, 1.54) is 7.11 Å². The first-order valence-corrected chi connectivity index (χ1v) is 10.4. The Balaban J connectivity index is 2.39. The average Bonchev–Trinajstić information content (AvgIpc) is 3.06. The number of benzene rings is 1. The first-order valence-electron chi connectivity index (χ1n) is 10.4. The fourth-order valence-electron chi connectivity index (χ4n) is 3.54. The van der Waals surface area contributed by atoms with Crippen LogP contribution in [0.3, 0.4) is 0 Å². The number of carbonyl (C=O) groups is 3. The van der Waals surface area contributed by atoms with E-state index in [1.54, 1.807) is 57.0 Å². The topological polar surface area (TPSA) is 88.7 Å². The molecule has 0 radical (unpaired) electrons. The first-order chi connectivity index (χ1) is 14.6. The predicted molar refractivity (Wildman–Crippen MR) is 119 cm³/mol. The largest absolute Gasteiger partial charge is 0.497 e. The van der Waals surface area contributed by atoms with Gasteiger partial charge < -0.3 is 19.4 Å². The summed E-state index contributed by atoms with van der Waals surface area (Å²) in [5.74, 6) is 0.0620. The highest BCUT2D eigenvalue weighted by atomic mass is 16.5. The number of esters is 1. The van der Waals surface area contributed by atoms with Crippen molar-refractivity contribution in [3.8, 4) is 5.75 Å². The zero-order valence-corrected chi connectivity index (χ0v) is 19.4. The van der Waals surface area contributed by atoms with Crippen molar-refractivity contribution in [2.75, 3.05) is 20.8 Å². The number of ketones is 1. The molecule has 0 aliphatic rings. The van der Waals surface area contributed by atoms with Crippen molar-refractivity contribution in [1.29, 1.82) is 0 Å². The third-order valence-electron chi connectivity index (χ3n) is 5.47. The molecule has 1 N–H and O–H groups in total. The molecule has 1 aromatic heterocycles. The molecule has 0 spiro atoms. The van der Waals surface area contributed by atoms with E-state index in [1.807, 2.05) is 0 Å². The van der Waals surface area contributed by atoms with Crippen LogP contribution < -0.4 is 4.74 Å². The van der Waals surface area contributed by atoms with Crippen molar-refractivity contribution in [3.63, 3.8) is 0 Å². The highest BCUT2D eigenvalue weighted by Crippen LogP contribution is 2.23. The lowest BCUT2D eigenvalue weighted by molar-refractivity contribution is 0.0592. The standard InChI is InChI=1S/C24H32N2O5/c1-14(2)12-13-26(23(28)18-8-10-19(30-6)11-9-18)17(5)22(27)20-15(3)21(24(29)31-7)25-16(20)4/h8-11,14,17,25H,12-13H2,1-7H3. The van der Waals surface area contributed by atoms with Crippen LogP contribution in [0.4, 0.5) is 0 Å². The van der Waals surface area contributed by atoms with Gasteiger partial charge in [-0.1, -0.05) is 13.8 Å². The molecule has 0 aliphatic heterocycles. The van der Waals surface area contributed by atoms with Crippen LogP contribution in [0.1, 0.15) is 69.7 Å². The molecule has 1 atom stereocenters. The monoisotopic (exact) mass is 428 g/mol. The quantitative estimate of drug-likeness (QED) is 0.478. The first kappa shape index (κ1) is 24.2. The Morgan fingerprint density at radius 1 is 1.03 bits per heavy atom. The van der Waals surface area contributed by atoms with Crippen LogP contribution in [-0.2, 0) is 4.74 Å². The minimum Gasteiger partial charge on any atom is -0.497 e. The number of methoxy groups -OCH3 is 2. The van der Waals surface area contributed by atoms with E-state index in [-0.39, 0.29) is 17.4 Å². The second kappa shape index (κ2) is 10.3. The maximum Gasteiger partial charge on any atom is 0.354 e. The van der Waals surface area contributed by atoms with Gasteiger partial charge >= 0.3 is 5.97 Å². The molecule has 0 aliphatic carbocycles. The lowest BCUT2D eigenvalue weighted by Crippen LogP contribution is -2.44. The Labute approximate surface area is 183 Å². The van der Waals surface area contributed by atoms with E-state index in [4.69, 9.17) is 9.47 Å². The van der Waals surface area contributed by atoms with Crippen LogP contribution >= 0.6 is 0 Å². The highest BCUT2D eigenvalue weighted by Gasteiger charge is 2.31. The van der Waals surface area contributed by atoms with Gasteiger partial charge in [0.25, 0.3) is 5.91 Å². The smallest absolute Gasteiger partial charge is 0.354 e. The molecule has 2 aromatic rings. The molecule has 0 fully saturated rings. The molecule has 1 heterocycles. The fraction of sp³-hybridized carbons (Fsp3) is 0.458. The lowest BCUT2D eigenvalue weighted by Gasteiger charge is -2.29. The van der Waals surface area contributed by atoms with Gasteiger partial charge in [-0.3, -0.25) is 9.59 Å². The molecule has 168 valence electrons. The third kappa shape index (κ3) is 5.34. The molecular formula is C24H32N2O5. The molecule has 7 heteroatoms. The lowest BCUT2D eigenvalue weighted by atomic mass is 9.98. The van der Waals surface area contributed by atoms with Crippen molar-refractivity contribution in [2.45, 2.75) is 47.1 Å². The van der Waals surface area contributed by atoms with E-state index >= 15 is 0 Å². The molecule has 1 amide bonds. The van der Waals surface area contributed by atoms with E-state index in [2.05, 4.69) is 18.8 Å². The van der Waals surface area contributed by atoms with Crippen LogP contribution in [0, 0.1) is 19.8 Å². The molecule has 0 bridgehead atoms. The van der Waals surface area contributed by atoms with Gasteiger partial charge in [-0.2, -0.15) is 0 Å². The van der Waals surface area contributed by atoms with Gasteiger partial charge in [-0.05, 0) is 62.9 Å². The number of ether oxygens (including phenoxy) is 2.